The highest BCUT2D eigenvalue weighted by Gasteiger charge is 2.06. The molecule has 16 heavy (non-hydrogen) atoms. The van der Waals surface area contributed by atoms with E-state index in [1.807, 2.05) is 30.5 Å². The molecule has 2 rings (SSSR count). The molecular weight excluding hydrogens is 222 g/mol. The van der Waals surface area contributed by atoms with Gasteiger partial charge in [0.25, 0.3) is 0 Å². The first kappa shape index (κ1) is 11.2. The zero-order chi connectivity index (χ0) is 11.4. The number of nitrogens with zero attached hydrogens (tertiary/aromatic N) is 1. The number of hydrogen-bond donors (Lipinski definition) is 2. The van der Waals surface area contributed by atoms with Gasteiger partial charge in [0.05, 0.1) is 6.04 Å². The van der Waals surface area contributed by atoms with Crippen LogP contribution in [0.3, 0.4) is 0 Å². The molecule has 0 spiro atoms. The summed E-state index contributed by atoms with van der Waals surface area (Å²) in [5.41, 5.74) is 1.21. The summed E-state index contributed by atoms with van der Waals surface area (Å²) in [4.78, 5) is 7.29. The van der Waals surface area contributed by atoms with E-state index >= 15 is 0 Å². The molecule has 1 aromatic heterocycles. The second-order valence-electron chi connectivity index (χ2n) is 3.70. The van der Waals surface area contributed by atoms with E-state index < -0.39 is 0 Å². The molecule has 0 aliphatic heterocycles. The Hall–Kier alpha value is -1.32. The Morgan fingerprint density at radius 2 is 2.12 bits per heavy atom. The summed E-state index contributed by atoms with van der Waals surface area (Å²) in [6, 6.07) is 8.05. The molecule has 3 nitrogen and oxygen atoms in total. The maximum Gasteiger partial charge on any atom is 0.122 e. The minimum absolute atomic E-state index is 0.214. The Morgan fingerprint density at radius 3 is 2.75 bits per heavy atom. The van der Waals surface area contributed by atoms with Crippen LogP contribution >= 0.6 is 11.6 Å². The maximum absolute atomic E-state index is 5.82. The van der Waals surface area contributed by atoms with E-state index in [-0.39, 0.29) is 6.04 Å². The molecule has 0 fully saturated rings. The average Bonchev–Trinajstić information content (AvgIpc) is 2.81. The zero-order valence-electron chi connectivity index (χ0n) is 9.07. The van der Waals surface area contributed by atoms with Crippen molar-refractivity contribution in [2.75, 3.05) is 0 Å². The number of nitrogens with one attached hydrogen (secondary N) is 2. The van der Waals surface area contributed by atoms with Crippen molar-refractivity contribution in [1.82, 2.24) is 15.3 Å². The van der Waals surface area contributed by atoms with Gasteiger partial charge in [-0.05, 0) is 24.6 Å². The van der Waals surface area contributed by atoms with Crippen LogP contribution in [0.15, 0.2) is 36.7 Å². The van der Waals surface area contributed by atoms with Crippen LogP contribution in [0.2, 0.25) is 5.02 Å². The van der Waals surface area contributed by atoms with Gasteiger partial charge in [-0.2, -0.15) is 0 Å². The van der Waals surface area contributed by atoms with Gasteiger partial charge < -0.3 is 10.3 Å². The predicted molar refractivity (Wildman–Crippen MR) is 65.3 cm³/mol. The van der Waals surface area contributed by atoms with E-state index in [1.165, 1.54) is 5.56 Å². The SMILES string of the molecule is CC(NCc1ccc(Cl)cc1)c1ncc[nH]1. The summed E-state index contributed by atoms with van der Waals surface area (Å²) in [5, 5.41) is 4.15. The molecule has 1 heterocycles. The van der Waals surface area contributed by atoms with Crippen LogP contribution in [0.1, 0.15) is 24.4 Å². The predicted octanol–water partition coefficient (Wildman–Crippen LogP) is 2.91. The van der Waals surface area contributed by atoms with Gasteiger partial charge in [0.2, 0.25) is 0 Å². The van der Waals surface area contributed by atoms with E-state index in [0.717, 1.165) is 17.4 Å². The van der Waals surface area contributed by atoms with Crippen molar-refractivity contribution >= 4 is 11.6 Å². The molecular formula is C12H14ClN3. The minimum atomic E-state index is 0.214. The monoisotopic (exact) mass is 235 g/mol. The van der Waals surface area contributed by atoms with E-state index in [9.17, 15) is 0 Å². The molecule has 0 bridgehead atoms. The van der Waals surface area contributed by atoms with Gasteiger partial charge >= 0.3 is 0 Å². The minimum Gasteiger partial charge on any atom is -0.347 e. The molecule has 84 valence electrons. The zero-order valence-corrected chi connectivity index (χ0v) is 9.83. The lowest BCUT2D eigenvalue weighted by Crippen LogP contribution is -2.19. The highest BCUT2D eigenvalue weighted by molar-refractivity contribution is 6.30. The second kappa shape index (κ2) is 5.14. The van der Waals surface area contributed by atoms with Crippen molar-refractivity contribution in [3.8, 4) is 0 Å². The molecule has 1 aromatic carbocycles. The summed E-state index contributed by atoms with van der Waals surface area (Å²) in [5.74, 6) is 0.953. The Bertz CT molecular complexity index is 422. The molecule has 2 aromatic rings. The molecule has 0 saturated heterocycles. The van der Waals surface area contributed by atoms with Gasteiger partial charge in [-0.1, -0.05) is 23.7 Å². The van der Waals surface area contributed by atoms with Crippen LogP contribution < -0.4 is 5.32 Å². The quantitative estimate of drug-likeness (QED) is 0.856. The molecule has 0 amide bonds. The fraction of sp³-hybridized carbons (Fsp3) is 0.250. The Morgan fingerprint density at radius 1 is 1.38 bits per heavy atom. The van der Waals surface area contributed by atoms with Gasteiger partial charge in [0.1, 0.15) is 5.82 Å². The van der Waals surface area contributed by atoms with Crippen LogP contribution in [0, 0.1) is 0 Å². The normalized spacial score (nSPS) is 12.6. The van der Waals surface area contributed by atoms with Gasteiger partial charge in [-0.25, -0.2) is 4.98 Å². The van der Waals surface area contributed by atoms with Crippen molar-refractivity contribution in [3.05, 3.63) is 53.1 Å². The van der Waals surface area contributed by atoms with Crippen molar-refractivity contribution in [1.29, 1.82) is 0 Å². The number of rotatable bonds is 4. The lowest BCUT2D eigenvalue weighted by atomic mass is 10.2. The first-order valence-corrected chi connectivity index (χ1v) is 5.60. The van der Waals surface area contributed by atoms with Crippen LogP contribution in [-0.4, -0.2) is 9.97 Å². The summed E-state index contributed by atoms with van der Waals surface area (Å²) in [6.07, 6.45) is 3.59. The first-order chi connectivity index (χ1) is 7.75. The van der Waals surface area contributed by atoms with Crippen LogP contribution in [0.4, 0.5) is 0 Å². The third-order valence-electron chi connectivity index (χ3n) is 2.46. The van der Waals surface area contributed by atoms with Crippen molar-refractivity contribution in [2.24, 2.45) is 0 Å². The van der Waals surface area contributed by atoms with Crippen LogP contribution in [0.5, 0.6) is 0 Å². The third-order valence-corrected chi connectivity index (χ3v) is 2.71. The highest BCUT2D eigenvalue weighted by Crippen LogP contribution is 2.11. The number of aromatic nitrogens is 2. The van der Waals surface area contributed by atoms with Gasteiger partial charge in [-0.15, -0.1) is 0 Å². The highest BCUT2D eigenvalue weighted by atomic mass is 35.5. The fourth-order valence-corrected chi connectivity index (χ4v) is 1.61. The molecule has 1 unspecified atom stereocenters. The standard InChI is InChI=1S/C12H14ClN3/c1-9(12-14-6-7-15-12)16-8-10-2-4-11(13)5-3-10/h2-7,9,16H,8H2,1H3,(H,14,15). The molecule has 0 radical (unpaired) electrons. The lowest BCUT2D eigenvalue weighted by Gasteiger charge is -2.11. The van der Waals surface area contributed by atoms with Gasteiger partial charge in [0.15, 0.2) is 0 Å². The number of imidazole rings is 1. The van der Waals surface area contributed by atoms with E-state index in [0.29, 0.717) is 0 Å². The summed E-state index contributed by atoms with van der Waals surface area (Å²) in [7, 11) is 0. The number of halogens is 1. The van der Waals surface area contributed by atoms with Crippen molar-refractivity contribution in [3.63, 3.8) is 0 Å². The topological polar surface area (TPSA) is 40.7 Å². The molecule has 0 aliphatic rings. The number of hydrogen-bond acceptors (Lipinski definition) is 2. The second-order valence-corrected chi connectivity index (χ2v) is 4.14. The number of H-pyrrole nitrogens is 1. The summed E-state index contributed by atoms with van der Waals surface area (Å²) >= 11 is 5.82. The van der Waals surface area contributed by atoms with Crippen molar-refractivity contribution in [2.45, 2.75) is 19.5 Å². The third kappa shape index (κ3) is 2.84. The van der Waals surface area contributed by atoms with E-state index in [2.05, 4.69) is 22.2 Å². The average molecular weight is 236 g/mol. The smallest absolute Gasteiger partial charge is 0.122 e. The summed E-state index contributed by atoms with van der Waals surface area (Å²) in [6.45, 7) is 2.88. The number of benzene rings is 1. The van der Waals surface area contributed by atoms with Gasteiger partial charge in [0, 0.05) is 24.0 Å². The van der Waals surface area contributed by atoms with Crippen LogP contribution in [0.25, 0.3) is 0 Å². The lowest BCUT2D eigenvalue weighted by molar-refractivity contribution is 0.551. The number of aromatic amines is 1. The van der Waals surface area contributed by atoms with Gasteiger partial charge in [-0.3, -0.25) is 0 Å². The van der Waals surface area contributed by atoms with E-state index in [4.69, 9.17) is 11.6 Å². The van der Waals surface area contributed by atoms with E-state index in [1.54, 1.807) is 6.20 Å². The summed E-state index contributed by atoms with van der Waals surface area (Å²) < 4.78 is 0. The largest absolute Gasteiger partial charge is 0.347 e. The van der Waals surface area contributed by atoms with Crippen LogP contribution in [-0.2, 0) is 6.54 Å². The Balaban J connectivity index is 1.90. The Labute approximate surface area is 99.9 Å². The first-order valence-electron chi connectivity index (χ1n) is 5.23. The molecule has 1 atom stereocenters. The molecule has 4 heteroatoms. The maximum atomic E-state index is 5.82. The Kier molecular flexibility index (Phi) is 3.59. The molecule has 2 N–H and O–H groups in total. The van der Waals surface area contributed by atoms with Crippen molar-refractivity contribution < 1.29 is 0 Å². The molecule has 0 saturated carbocycles. The molecule has 0 aliphatic carbocycles. The fourth-order valence-electron chi connectivity index (χ4n) is 1.48.